The van der Waals surface area contributed by atoms with Gasteiger partial charge in [0.25, 0.3) is 5.95 Å². The molecule has 0 radical (unpaired) electrons. The fraction of sp³-hybridized carbons (Fsp3) is 0.846. The number of aromatic nitrogens is 2. The molecule has 3 heterocycles. The minimum Gasteiger partial charge on any atom is -0.378 e. The smallest absolute Gasteiger partial charge is 0.266 e. The second-order valence-corrected chi connectivity index (χ2v) is 5.46. The molecule has 1 aromatic rings. The van der Waals surface area contributed by atoms with Crippen molar-refractivity contribution < 1.29 is 9.26 Å². The van der Waals surface area contributed by atoms with Crippen LogP contribution < -0.4 is 10.2 Å². The Labute approximate surface area is 113 Å². The van der Waals surface area contributed by atoms with Gasteiger partial charge in [0, 0.05) is 19.6 Å². The Morgan fingerprint density at radius 3 is 2.89 bits per heavy atom. The van der Waals surface area contributed by atoms with E-state index in [2.05, 4.69) is 27.3 Å². The average Bonchev–Trinajstić information content (AvgIpc) is 3.09. The van der Waals surface area contributed by atoms with Crippen LogP contribution in [0.5, 0.6) is 0 Å². The summed E-state index contributed by atoms with van der Waals surface area (Å²) in [5.74, 6) is 1.53. The highest BCUT2D eigenvalue weighted by molar-refractivity contribution is 5.29. The molecule has 2 fully saturated rings. The van der Waals surface area contributed by atoms with Crippen molar-refractivity contribution in [2.45, 2.75) is 31.6 Å². The zero-order chi connectivity index (χ0) is 13.1. The maximum absolute atomic E-state index is 5.57. The van der Waals surface area contributed by atoms with Crippen LogP contribution in [0.2, 0.25) is 0 Å². The van der Waals surface area contributed by atoms with Crippen molar-refractivity contribution in [3.63, 3.8) is 0 Å². The Balaban J connectivity index is 1.79. The van der Waals surface area contributed by atoms with Crippen LogP contribution in [0.4, 0.5) is 5.95 Å². The van der Waals surface area contributed by atoms with Gasteiger partial charge in [0.2, 0.25) is 5.89 Å². The number of nitrogens with one attached hydrogen (secondary N) is 1. The van der Waals surface area contributed by atoms with E-state index < -0.39 is 0 Å². The monoisotopic (exact) mass is 266 g/mol. The Morgan fingerprint density at radius 1 is 1.37 bits per heavy atom. The molecule has 2 aliphatic heterocycles. The van der Waals surface area contributed by atoms with Crippen LogP contribution in [-0.4, -0.2) is 49.5 Å². The predicted molar refractivity (Wildman–Crippen MR) is 71.4 cm³/mol. The molecule has 1 atom stereocenters. The van der Waals surface area contributed by atoms with Gasteiger partial charge in [-0.1, -0.05) is 13.3 Å². The number of hydrogen-bond acceptors (Lipinski definition) is 6. The second kappa shape index (κ2) is 5.46. The molecule has 0 spiro atoms. The van der Waals surface area contributed by atoms with Gasteiger partial charge in [0.15, 0.2) is 0 Å². The summed E-state index contributed by atoms with van der Waals surface area (Å²) >= 11 is 0. The Hall–Kier alpha value is -1.14. The maximum Gasteiger partial charge on any atom is 0.266 e. The van der Waals surface area contributed by atoms with Gasteiger partial charge in [0.1, 0.15) is 0 Å². The van der Waals surface area contributed by atoms with Gasteiger partial charge >= 0.3 is 0 Å². The summed E-state index contributed by atoms with van der Waals surface area (Å²) < 4.78 is 10.9. The molecule has 0 bridgehead atoms. The van der Waals surface area contributed by atoms with Crippen molar-refractivity contribution in [2.24, 2.45) is 0 Å². The number of ether oxygens (including phenoxy) is 1. The number of rotatable bonds is 4. The first kappa shape index (κ1) is 12.9. The lowest BCUT2D eigenvalue weighted by atomic mass is 9.82. The van der Waals surface area contributed by atoms with Crippen LogP contribution in [0, 0.1) is 0 Å². The fourth-order valence-corrected chi connectivity index (χ4v) is 3.05. The van der Waals surface area contributed by atoms with E-state index in [0.29, 0.717) is 0 Å². The molecule has 3 rings (SSSR count). The van der Waals surface area contributed by atoms with Gasteiger partial charge in [-0.3, -0.25) is 0 Å². The van der Waals surface area contributed by atoms with Crippen LogP contribution in [0.3, 0.4) is 0 Å². The predicted octanol–water partition coefficient (Wildman–Crippen LogP) is 0.937. The molecule has 2 aliphatic rings. The van der Waals surface area contributed by atoms with Crippen LogP contribution in [0.1, 0.15) is 32.1 Å². The first-order chi connectivity index (χ1) is 9.34. The number of anilines is 1. The van der Waals surface area contributed by atoms with Crippen LogP contribution >= 0.6 is 0 Å². The van der Waals surface area contributed by atoms with E-state index in [1.807, 2.05) is 0 Å². The molecule has 2 saturated heterocycles. The Kier molecular flexibility index (Phi) is 3.70. The van der Waals surface area contributed by atoms with E-state index in [1.54, 1.807) is 0 Å². The molecule has 1 aromatic heterocycles. The third-order valence-corrected chi connectivity index (χ3v) is 4.14. The summed E-state index contributed by atoms with van der Waals surface area (Å²) in [5, 5.41) is 7.59. The molecule has 1 unspecified atom stereocenters. The molecule has 19 heavy (non-hydrogen) atoms. The normalized spacial score (nSPS) is 27.9. The van der Waals surface area contributed by atoms with Crippen molar-refractivity contribution in [2.75, 3.05) is 44.3 Å². The third-order valence-electron chi connectivity index (χ3n) is 4.14. The molecular formula is C13H22N4O2. The van der Waals surface area contributed by atoms with E-state index >= 15 is 0 Å². The van der Waals surface area contributed by atoms with E-state index in [0.717, 1.165) is 70.5 Å². The molecular weight excluding hydrogens is 244 g/mol. The van der Waals surface area contributed by atoms with E-state index in [1.165, 1.54) is 0 Å². The van der Waals surface area contributed by atoms with Crippen molar-refractivity contribution in [1.82, 2.24) is 15.5 Å². The van der Waals surface area contributed by atoms with Gasteiger partial charge in [-0.15, -0.1) is 0 Å². The van der Waals surface area contributed by atoms with Gasteiger partial charge in [-0.05, 0) is 24.5 Å². The van der Waals surface area contributed by atoms with E-state index in [4.69, 9.17) is 9.26 Å². The lowest BCUT2D eigenvalue weighted by Crippen LogP contribution is -2.37. The lowest BCUT2D eigenvalue weighted by molar-refractivity contribution is 0.121. The second-order valence-electron chi connectivity index (χ2n) is 5.46. The number of hydrogen-bond donors (Lipinski definition) is 1. The highest BCUT2D eigenvalue weighted by Gasteiger charge is 2.40. The first-order valence-corrected chi connectivity index (χ1v) is 7.22. The van der Waals surface area contributed by atoms with Crippen LogP contribution in [0.25, 0.3) is 0 Å². The van der Waals surface area contributed by atoms with Crippen molar-refractivity contribution in [1.29, 1.82) is 0 Å². The summed E-state index contributed by atoms with van der Waals surface area (Å²) in [6.07, 6.45) is 3.33. The average molecular weight is 266 g/mol. The maximum atomic E-state index is 5.57. The highest BCUT2D eigenvalue weighted by atomic mass is 16.5. The molecule has 0 aromatic carbocycles. The Morgan fingerprint density at radius 2 is 2.21 bits per heavy atom. The van der Waals surface area contributed by atoms with Crippen molar-refractivity contribution in [3.8, 4) is 0 Å². The standard InChI is InChI=1S/C13H22N4O2/c1-2-3-13(4-5-14-10-13)11-15-12(16-19-11)17-6-8-18-9-7-17/h14H,2-10H2,1H3. The van der Waals surface area contributed by atoms with E-state index in [-0.39, 0.29) is 5.41 Å². The quantitative estimate of drug-likeness (QED) is 0.875. The van der Waals surface area contributed by atoms with Gasteiger partial charge < -0.3 is 19.5 Å². The first-order valence-electron chi connectivity index (χ1n) is 7.22. The number of morpholine rings is 1. The third kappa shape index (κ3) is 2.47. The fourth-order valence-electron chi connectivity index (χ4n) is 3.05. The summed E-state index contributed by atoms with van der Waals surface area (Å²) in [6.45, 7) is 7.37. The zero-order valence-corrected chi connectivity index (χ0v) is 11.5. The summed E-state index contributed by atoms with van der Waals surface area (Å²) in [7, 11) is 0. The van der Waals surface area contributed by atoms with Gasteiger partial charge in [0.05, 0.1) is 18.6 Å². The molecule has 0 aliphatic carbocycles. The van der Waals surface area contributed by atoms with Crippen LogP contribution in [-0.2, 0) is 10.2 Å². The number of nitrogens with zero attached hydrogens (tertiary/aromatic N) is 3. The van der Waals surface area contributed by atoms with Crippen molar-refractivity contribution in [3.05, 3.63) is 5.89 Å². The Bertz CT molecular complexity index is 409. The molecule has 6 heteroatoms. The molecule has 106 valence electrons. The SMILES string of the molecule is CCCC1(c2nc(N3CCOCC3)no2)CCNC1. The van der Waals surface area contributed by atoms with Gasteiger partial charge in [-0.25, -0.2) is 0 Å². The zero-order valence-electron chi connectivity index (χ0n) is 11.5. The summed E-state index contributed by atoms with van der Waals surface area (Å²) in [4.78, 5) is 6.80. The van der Waals surface area contributed by atoms with Crippen molar-refractivity contribution >= 4 is 5.95 Å². The lowest BCUT2D eigenvalue weighted by Gasteiger charge is -2.25. The summed E-state index contributed by atoms with van der Waals surface area (Å²) in [6, 6.07) is 0. The molecule has 1 N–H and O–H groups in total. The molecule has 0 saturated carbocycles. The summed E-state index contributed by atoms with van der Waals surface area (Å²) in [5.41, 5.74) is 0.0479. The largest absolute Gasteiger partial charge is 0.378 e. The molecule has 0 amide bonds. The highest BCUT2D eigenvalue weighted by Crippen LogP contribution is 2.35. The van der Waals surface area contributed by atoms with E-state index in [9.17, 15) is 0 Å². The van der Waals surface area contributed by atoms with Gasteiger partial charge in [-0.2, -0.15) is 4.98 Å². The minimum absolute atomic E-state index is 0.0479. The van der Waals surface area contributed by atoms with Crippen LogP contribution in [0.15, 0.2) is 4.52 Å². The topological polar surface area (TPSA) is 63.4 Å². The minimum atomic E-state index is 0.0479. The molecule has 6 nitrogen and oxygen atoms in total.